The van der Waals surface area contributed by atoms with E-state index in [0.717, 1.165) is 0 Å². The lowest BCUT2D eigenvalue weighted by Gasteiger charge is -2.13. The molecule has 0 fully saturated rings. The molecule has 18 heavy (non-hydrogen) atoms. The van der Waals surface area contributed by atoms with Gasteiger partial charge in [0.2, 0.25) is 0 Å². The molecule has 100 valence electrons. The number of carbonyl (C=O) groups excluding carboxylic acids is 2. The fraction of sp³-hybridized carbons (Fsp3) is 0.500. The SMILES string of the molecule is CC(O)CC(C)CNC(=O)C(=O)Nc1ccsc1. The van der Waals surface area contributed by atoms with Crippen molar-refractivity contribution in [2.24, 2.45) is 5.92 Å². The summed E-state index contributed by atoms with van der Waals surface area (Å²) in [5.74, 6) is -1.20. The molecule has 2 unspecified atom stereocenters. The van der Waals surface area contributed by atoms with Gasteiger partial charge in [-0.25, -0.2) is 0 Å². The molecule has 0 aliphatic rings. The lowest BCUT2D eigenvalue weighted by atomic mass is 10.0. The molecule has 0 spiro atoms. The Kier molecular flexibility index (Phi) is 5.80. The average Bonchev–Trinajstić information content (AvgIpc) is 2.77. The number of rotatable bonds is 5. The lowest BCUT2D eigenvalue weighted by molar-refractivity contribution is -0.136. The number of aliphatic hydroxyl groups excluding tert-OH is 1. The van der Waals surface area contributed by atoms with Gasteiger partial charge >= 0.3 is 11.8 Å². The Morgan fingerprint density at radius 1 is 1.39 bits per heavy atom. The molecule has 0 aromatic carbocycles. The van der Waals surface area contributed by atoms with Crippen LogP contribution in [0.5, 0.6) is 0 Å². The topological polar surface area (TPSA) is 78.4 Å². The van der Waals surface area contributed by atoms with E-state index < -0.39 is 17.9 Å². The predicted octanol–water partition coefficient (Wildman–Crippen LogP) is 1.21. The molecule has 1 heterocycles. The van der Waals surface area contributed by atoms with Crippen LogP contribution in [-0.4, -0.2) is 29.6 Å². The van der Waals surface area contributed by atoms with Crippen molar-refractivity contribution < 1.29 is 14.7 Å². The third-order valence-corrected chi connectivity index (χ3v) is 3.02. The number of aliphatic hydroxyl groups is 1. The van der Waals surface area contributed by atoms with Gasteiger partial charge in [-0.2, -0.15) is 11.3 Å². The molecule has 3 N–H and O–H groups in total. The summed E-state index contributed by atoms with van der Waals surface area (Å²) in [6.45, 7) is 3.98. The first-order valence-corrected chi connectivity index (χ1v) is 6.72. The molecule has 0 bridgehead atoms. The molecular formula is C12H18N2O3S. The zero-order valence-electron chi connectivity index (χ0n) is 10.5. The molecule has 1 aromatic heterocycles. The molecule has 1 rings (SSSR count). The minimum Gasteiger partial charge on any atom is -0.393 e. The zero-order valence-corrected chi connectivity index (χ0v) is 11.3. The summed E-state index contributed by atoms with van der Waals surface area (Å²) in [6.07, 6.45) is 0.184. The van der Waals surface area contributed by atoms with Crippen molar-refractivity contribution in [2.75, 3.05) is 11.9 Å². The summed E-state index contributed by atoms with van der Waals surface area (Å²) in [5, 5.41) is 17.8. The van der Waals surface area contributed by atoms with Crippen LogP contribution in [0.4, 0.5) is 5.69 Å². The second kappa shape index (κ2) is 7.13. The zero-order chi connectivity index (χ0) is 13.5. The Morgan fingerprint density at radius 2 is 2.11 bits per heavy atom. The van der Waals surface area contributed by atoms with Gasteiger partial charge in [0, 0.05) is 11.9 Å². The van der Waals surface area contributed by atoms with Crippen LogP contribution in [0.15, 0.2) is 16.8 Å². The van der Waals surface area contributed by atoms with Crippen molar-refractivity contribution in [3.05, 3.63) is 16.8 Å². The van der Waals surface area contributed by atoms with Crippen LogP contribution in [0.25, 0.3) is 0 Å². The second-order valence-corrected chi connectivity index (χ2v) is 5.15. The van der Waals surface area contributed by atoms with E-state index in [0.29, 0.717) is 18.7 Å². The molecule has 0 aliphatic carbocycles. The molecular weight excluding hydrogens is 252 g/mol. The first-order valence-electron chi connectivity index (χ1n) is 5.78. The Labute approximate surface area is 110 Å². The maximum atomic E-state index is 11.5. The van der Waals surface area contributed by atoms with Crippen LogP contribution in [0.3, 0.4) is 0 Å². The van der Waals surface area contributed by atoms with Crippen molar-refractivity contribution in [2.45, 2.75) is 26.4 Å². The normalized spacial score (nSPS) is 13.7. The Morgan fingerprint density at radius 3 is 2.67 bits per heavy atom. The van der Waals surface area contributed by atoms with E-state index in [1.807, 2.05) is 12.3 Å². The lowest BCUT2D eigenvalue weighted by Crippen LogP contribution is -2.38. The van der Waals surface area contributed by atoms with Gasteiger partial charge in [0.1, 0.15) is 0 Å². The number of carbonyl (C=O) groups is 2. The number of hydrogen-bond acceptors (Lipinski definition) is 4. The Balaban J connectivity index is 2.30. The first kappa shape index (κ1) is 14.7. The summed E-state index contributed by atoms with van der Waals surface area (Å²) in [4.78, 5) is 23.0. The monoisotopic (exact) mass is 270 g/mol. The van der Waals surface area contributed by atoms with Crippen molar-refractivity contribution in [1.82, 2.24) is 5.32 Å². The summed E-state index contributed by atoms with van der Waals surface area (Å²) in [7, 11) is 0. The van der Waals surface area contributed by atoms with Crippen molar-refractivity contribution in [3.63, 3.8) is 0 Å². The number of nitrogens with one attached hydrogen (secondary N) is 2. The predicted molar refractivity (Wildman–Crippen MR) is 71.4 cm³/mol. The van der Waals surface area contributed by atoms with Crippen molar-refractivity contribution >= 4 is 28.8 Å². The third-order valence-electron chi connectivity index (χ3n) is 2.34. The quantitative estimate of drug-likeness (QED) is 0.704. The highest BCUT2D eigenvalue weighted by molar-refractivity contribution is 7.08. The molecule has 5 nitrogen and oxygen atoms in total. The fourth-order valence-corrected chi connectivity index (χ4v) is 2.12. The summed E-state index contributed by atoms with van der Waals surface area (Å²) in [5.41, 5.74) is 0.622. The number of anilines is 1. The van der Waals surface area contributed by atoms with Gasteiger partial charge < -0.3 is 15.7 Å². The number of hydrogen-bond donors (Lipinski definition) is 3. The van der Waals surface area contributed by atoms with Gasteiger partial charge in [-0.1, -0.05) is 6.92 Å². The molecule has 1 aromatic rings. The van der Waals surface area contributed by atoms with Crippen molar-refractivity contribution in [3.8, 4) is 0 Å². The summed E-state index contributed by atoms with van der Waals surface area (Å²) in [6, 6.07) is 1.73. The summed E-state index contributed by atoms with van der Waals surface area (Å²) >= 11 is 1.44. The van der Waals surface area contributed by atoms with E-state index in [-0.39, 0.29) is 5.92 Å². The maximum Gasteiger partial charge on any atom is 0.313 e. The van der Waals surface area contributed by atoms with Crippen LogP contribution in [0.2, 0.25) is 0 Å². The maximum absolute atomic E-state index is 11.5. The minimum atomic E-state index is -0.669. The Bertz CT molecular complexity index is 390. The van der Waals surface area contributed by atoms with E-state index in [1.165, 1.54) is 11.3 Å². The van der Waals surface area contributed by atoms with Crippen LogP contribution < -0.4 is 10.6 Å². The largest absolute Gasteiger partial charge is 0.393 e. The molecule has 0 aliphatic heterocycles. The van der Waals surface area contributed by atoms with Gasteiger partial charge in [-0.05, 0) is 30.7 Å². The highest BCUT2D eigenvalue weighted by Crippen LogP contribution is 2.11. The highest BCUT2D eigenvalue weighted by atomic mass is 32.1. The highest BCUT2D eigenvalue weighted by Gasteiger charge is 2.15. The van der Waals surface area contributed by atoms with E-state index in [4.69, 9.17) is 0 Å². The van der Waals surface area contributed by atoms with E-state index in [9.17, 15) is 14.7 Å². The molecule has 0 saturated carbocycles. The Hall–Kier alpha value is -1.40. The van der Waals surface area contributed by atoms with Crippen LogP contribution in [0.1, 0.15) is 20.3 Å². The van der Waals surface area contributed by atoms with E-state index >= 15 is 0 Å². The molecule has 6 heteroatoms. The van der Waals surface area contributed by atoms with E-state index in [1.54, 1.807) is 18.4 Å². The molecule has 0 radical (unpaired) electrons. The van der Waals surface area contributed by atoms with Crippen LogP contribution in [-0.2, 0) is 9.59 Å². The second-order valence-electron chi connectivity index (χ2n) is 4.37. The van der Waals surface area contributed by atoms with Gasteiger partial charge in [-0.15, -0.1) is 0 Å². The van der Waals surface area contributed by atoms with Gasteiger partial charge in [0.15, 0.2) is 0 Å². The van der Waals surface area contributed by atoms with E-state index in [2.05, 4.69) is 10.6 Å². The van der Waals surface area contributed by atoms with Crippen molar-refractivity contribution in [1.29, 1.82) is 0 Å². The fourth-order valence-electron chi connectivity index (χ4n) is 1.54. The summed E-state index contributed by atoms with van der Waals surface area (Å²) < 4.78 is 0. The van der Waals surface area contributed by atoms with Gasteiger partial charge in [0.05, 0.1) is 11.8 Å². The number of thiophene rings is 1. The average molecular weight is 270 g/mol. The first-order chi connectivity index (χ1) is 8.49. The number of amides is 2. The minimum absolute atomic E-state index is 0.128. The molecule has 0 saturated heterocycles. The van der Waals surface area contributed by atoms with Crippen LogP contribution >= 0.6 is 11.3 Å². The molecule has 2 atom stereocenters. The van der Waals surface area contributed by atoms with Crippen LogP contribution in [0, 0.1) is 5.92 Å². The standard InChI is InChI=1S/C12H18N2O3S/c1-8(5-9(2)15)6-13-11(16)12(17)14-10-3-4-18-7-10/h3-4,7-9,15H,5-6H2,1-2H3,(H,13,16)(H,14,17). The van der Waals surface area contributed by atoms with Gasteiger partial charge in [-0.3, -0.25) is 9.59 Å². The third kappa shape index (κ3) is 5.29. The smallest absolute Gasteiger partial charge is 0.313 e. The van der Waals surface area contributed by atoms with Gasteiger partial charge in [0.25, 0.3) is 0 Å². The molecule has 2 amide bonds.